The summed E-state index contributed by atoms with van der Waals surface area (Å²) < 4.78 is 1.96. The lowest BCUT2D eigenvalue weighted by Gasteiger charge is -2.05. The van der Waals surface area contributed by atoms with Gasteiger partial charge in [-0.15, -0.1) is 0 Å². The molecule has 0 unspecified atom stereocenters. The fraction of sp³-hybridized carbons (Fsp3) is 0.0435. The van der Waals surface area contributed by atoms with E-state index >= 15 is 0 Å². The maximum absolute atomic E-state index is 12.9. The largest absolute Gasteiger partial charge is 0.342 e. The Morgan fingerprint density at radius 1 is 0.828 bits per heavy atom. The third-order valence-electron chi connectivity index (χ3n) is 4.61. The molecule has 0 saturated carbocycles. The summed E-state index contributed by atoms with van der Waals surface area (Å²) in [6.07, 6.45) is 1.73. The summed E-state index contributed by atoms with van der Waals surface area (Å²) in [4.78, 5) is 25.4. The number of nitrogens with one attached hydrogen (secondary N) is 1. The average Bonchev–Trinajstić information content (AvgIpc) is 3.09. The van der Waals surface area contributed by atoms with Gasteiger partial charge in [0.1, 0.15) is 0 Å². The highest BCUT2D eigenvalue weighted by Crippen LogP contribution is 2.24. The number of carbonyl (C=O) groups is 2. The van der Waals surface area contributed by atoms with Gasteiger partial charge >= 0.3 is 0 Å². The molecule has 6 heteroatoms. The van der Waals surface area contributed by atoms with Gasteiger partial charge in [-0.2, -0.15) is 0 Å². The average molecular weight is 423 g/mol. The molecule has 0 spiro atoms. The minimum absolute atomic E-state index is 0.362. The van der Waals surface area contributed by atoms with E-state index in [0.717, 1.165) is 16.5 Å². The van der Waals surface area contributed by atoms with Crippen molar-refractivity contribution in [2.45, 2.75) is 6.54 Å². The highest BCUT2D eigenvalue weighted by atomic mass is 35.5. The van der Waals surface area contributed by atoms with Crippen LogP contribution in [0, 0.1) is 0 Å². The Labute approximate surface area is 177 Å². The number of halogens is 2. The number of fused-ring (bicyclic) bond motifs is 1. The summed E-state index contributed by atoms with van der Waals surface area (Å²) in [5.41, 5.74) is 2.79. The van der Waals surface area contributed by atoms with Crippen molar-refractivity contribution in [1.82, 2.24) is 4.57 Å². The van der Waals surface area contributed by atoms with Crippen molar-refractivity contribution in [3.63, 3.8) is 0 Å². The Kier molecular flexibility index (Phi) is 5.38. The fourth-order valence-electron chi connectivity index (χ4n) is 3.19. The minimum atomic E-state index is -0.693. The van der Waals surface area contributed by atoms with E-state index in [-0.39, 0.29) is 0 Å². The Morgan fingerprint density at radius 3 is 2.14 bits per heavy atom. The van der Waals surface area contributed by atoms with Crippen molar-refractivity contribution in [3.05, 3.63) is 100 Å². The van der Waals surface area contributed by atoms with Gasteiger partial charge < -0.3 is 9.88 Å². The molecule has 0 saturated heterocycles. The van der Waals surface area contributed by atoms with Crippen molar-refractivity contribution < 1.29 is 9.59 Å². The lowest BCUT2D eigenvalue weighted by molar-refractivity contribution is -0.112. The van der Waals surface area contributed by atoms with Gasteiger partial charge in [-0.05, 0) is 48.0 Å². The summed E-state index contributed by atoms with van der Waals surface area (Å²) in [6.45, 7) is 0.559. The monoisotopic (exact) mass is 422 g/mol. The first-order valence-corrected chi connectivity index (χ1v) is 9.70. The van der Waals surface area contributed by atoms with Gasteiger partial charge in [0.2, 0.25) is 0 Å². The Morgan fingerprint density at radius 2 is 1.45 bits per heavy atom. The zero-order valence-corrected chi connectivity index (χ0v) is 16.7. The molecule has 1 amide bonds. The van der Waals surface area contributed by atoms with Crippen molar-refractivity contribution in [3.8, 4) is 0 Å². The van der Waals surface area contributed by atoms with Crippen LogP contribution in [0.25, 0.3) is 10.9 Å². The van der Waals surface area contributed by atoms with Crippen molar-refractivity contribution in [1.29, 1.82) is 0 Å². The number of anilines is 1. The van der Waals surface area contributed by atoms with E-state index < -0.39 is 11.7 Å². The molecule has 4 nitrogen and oxygen atoms in total. The molecule has 0 aliphatic heterocycles. The summed E-state index contributed by atoms with van der Waals surface area (Å²) in [6, 6.07) is 21.7. The van der Waals surface area contributed by atoms with Crippen LogP contribution in [0.5, 0.6) is 0 Å². The molecule has 0 aliphatic carbocycles. The summed E-state index contributed by atoms with van der Waals surface area (Å²) in [5.74, 6) is -1.28. The summed E-state index contributed by atoms with van der Waals surface area (Å²) >= 11 is 11.8. The molecule has 0 atom stereocenters. The van der Waals surface area contributed by atoms with Crippen molar-refractivity contribution in [2.24, 2.45) is 0 Å². The molecule has 4 rings (SSSR count). The smallest absolute Gasteiger partial charge is 0.296 e. The van der Waals surface area contributed by atoms with Crippen LogP contribution in [0.15, 0.2) is 79.0 Å². The normalized spacial score (nSPS) is 10.8. The molecule has 0 radical (unpaired) electrons. The fourth-order valence-corrected chi connectivity index (χ4v) is 3.44. The van der Waals surface area contributed by atoms with Crippen LogP contribution in [-0.2, 0) is 11.3 Å². The first-order valence-electron chi connectivity index (χ1n) is 8.95. The van der Waals surface area contributed by atoms with Gasteiger partial charge in [0.05, 0.1) is 5.56 Å². The molecule has 1 N–H and O–H groups in total. The second-order valence-electron chi connectivity index (χ2n) is 6.60. The lowest BCUT2D eigenvalue weighted by atomic mass is 10.1. The number of Topliss-reactive ketones (excluding diaryl/α,β-unsaturated/α-hetero) is 1. The predicted octanol–water partition coefficient (Wildman–Crippen LogP) is 5.82. The second-order valence-corrected chi connectivity index (χ2v) is 7.48. The van der Waals surface area contributed by atoms with Gasteiger partial charge in [-0.1, -0.05) is 53.5 Å². The predicted molar refractivity (Wildman–Crippen MR) is 117 cm³/mol. The quantitative estimate of drug-likeness (QED) is 0.325. The number of ketones is 1. The number of para-hydroxylation sites is 1. The van der Waals surface area contributed by atoms with Crippen LogP contribution < -0.4 is 5.32 Å². The van der Waals surface area contributed by atoms with Crippen LogP contribution in [0.2, 0.25) is 10.0 Å². The summed E-state index contributed by atoms with van der Waals surface area (Å²) in [7, 11) is 0. The topological polar surface area (TPSA) is 51.1 Å². The molecule has 29 heavy (non-hydrogen) atoms. The first-order chi connectivity index (χ1) is 14.0. The maximum atomic E-state index is 12.9. The van der Waals surface area contributed by atoms with E-state index in [2.05, 4.69) is 5.32 Å². The highest BCUT2D eigenvalue weighted by Gasteiger charge is 2.21. The van der Waals surface area contributed by atoms with Gasteiger partial charge in [0.15, 0.2) is 0 Å². The highest BCUT2D eigenvalue weighted by molar-refractivity contribution is 6.48. The molecule has 3 aromatic carbocycles. The number of hydrogen-bond donors (Lipinski definition) is 1. The zero-order chi connectivity index (χ0) is 20.4. The van der Waals surface area contributed by atoms with Crippen molar-refractivity contribution in [2.75, 3.05) is 5.32 Å². The first kappa shape index (κ1) is 19.2. The van der Waals surface area contributed by atoms with Crippen LogP contribution in [0.1, 0.15) is 15.9 Å². The van der Waals surface area contributed by atoms with E-state index in [9.17, 15) is 9.59 Å². The number of hydrogen-bond acceptors (Lipinski definition) is 2. The van der Waals surface area contributed by atoms with Crippen LogP contribution in [0.3, 0.4) is 0 Å². The van der Waals surface area contributed by atoms with E-state index in [0.29, 0.717) is 27.8 Å². The van der Waals surface area contributed by atoms with Gasteiger partial charge in [0, 0.05) is 39.4 Å². The number of benzene rings is 3. The van der Waals surface area contributed by atoms with Gasteiger partial charge in [-0.25, -0.2) is 0 Å². The van der Waals surface area contributed by atoms with Crippen LogP contribution >= 0.6 is 23.2 Å². The summed E-state index contributed by atoms with van der Waals surface area (Å²) in [5, 5.41) is 4.58. The van der Waals surface area contributed by atoms with E-state index in [4.69, 9.17) is 23.2 Å². The maximum Gasteiger partial charge on any atom is 0.296 e. The molecule has 1 aromatic heterocycles. The van der Waals surface area contributed by atoms with Crippen molar-refractivity contribution >= 4 is 51.5 Å². The number of amides is 1. The number of rotatable bonds is 5. The lowest BCUT2D eigenvalue weighted by Crippen LogP contribution is -2.22. The molecule has 0 fully saturated rings. The number of carbonyl (C=O) groups excluding carboxylic acids is 2. The Bertz CT molecular complexity index is 1200. The third-order valence-corrected chi connectivity index (χ3v) is 5.11. The minimum Gasteiger partial charge on any atom is -0.342 e. The van der Waals surface area contributed by atoms with Crippen LogP contribution in [-0.4, -0.2) is 16.3 Å². The number of aromatic nitrogens is 1. The molecule has 0 aliphatic rings. The van der Waals surface area contributed by atoms with E-state index in [1.807, 2.05) is 53.1 Å². The van der Waals surface area contributed by atoms with Gasteiger partial charge in [0.25, 0.3) is 11.7 Å². The zero-order valence-electron chi connectivity index (χ0n) is 15.2. The molecule has 1 heterocycles. The number of nitrogens with zero attached hydrogens (tertiary/aromatic N) is 1. The molecule has 4 aromatic rings. The SMILES string of the molecule is O=C(Nc1ccc(Cl)cc1)C(=O)c1cn(Cc2ccc(Cl)cc2)c2ccccc12. The molecule has 144 valence electrons. The Hall–Kier alpha value is -3.08. The molecule has 0 bridgehead atoms. The van der Waals surface area contributed by atoms with Crippen LogP contribution in [0.4, 0.5) is 5.69 Å². The van der Waals surface area contributed by atoms with E-state index in [1.54, 1.807) is 30.5 Å². The second kappa shape index (κ2) is 8.11. The molecular weight excluding hydrogens is 407 g/mol. The Balaban J connectivity index is 1.64. The van der Waals surface area contributed by atoms with Gasteiger partial charge in [-0.3, -0.25) is 9.59 Å². The standard InChI is InChI=1S/C23H16Cl2N2O2/c24-16-7-5-15(6-8-16)13-27-14-20(19-3-1-2-4-21(19)27)22(28)23(29)26-18-11-9-17(25)10-12-18/h1-12,14H,13H2,(H,26,29). The van der Waals surface area contributed by atoms with E-state index in [1.165, 1.54) is 0 Å². The third kappa shape index (κ3) is 4.19. The molecular formula is C23H16Cl2N2O2.